The standard InChI is InChI=1S/C24H15BrClN5OS2/c1-32-16-8-4-13(5-9-16)20-17(10-27)22(29)31-24(18(20)11-28)33-12-19-21(25)34-23(30-19)14-2-6-15(26)7-3-14/h2-9H,12H2,1H3,(H2,29,31). The van der Waals surface area contributed by atoms with E-state index in [1.54, 1.807) is 31.4 Å². The Morgan fingerprint density at radius 3 is 2.29 bits per heavy atom. The average Bonchev–Trinajstić information content (AvgIpc) is 3.23. The minimum Gasteiger partial charge on any atom is -0.497 e. The molecule has 0 fully saturated rings. The Bertz CT molecular complexity index is 1440. The Hall–Kier alpha value is -3.08. The molecule has 0 aliphatic rings. The summed E-state index contributed by atoms with van der Waals surface area (Å²) >= 11 is 12.4. The van der Waals surface area contributed by atoms with Gasteiger partial charge in [-0.25, -0.2) is 9.97 Å². The van der Waals surface area contributed by atoms with Gasteiger partial charge in [-0.1, -0.05) is 47.6 Å². The first kappa shape index (κ1) is 24.1. The molecule has 34 heavy (non-hydrogen) atoms. The number of nitrogen functional groups attached to an aromatic ring is 1. The van der Waals surface area contributed by atoms with Crippen LogP contribution in [0.1, 0.15) is 16.8 Å². The lowest BCUT2D eigenvalue weighted by molar-refractivity contribution is 0.415. The van der Waals surface area contributed by atoms with Gasteiger partial charge in [-0.3, -0.25) is 0 Å². The molecule has 2 aromatic heterocycles. The molecule has 0 saturated carbocycles. The summed E-state index contributed by atoms with van der Waals surface area (Å²) in [7, 11) is 1.57. The molecule has 2 heterocycles. The first-order valence-corrected chi connectivity index (χ1v) is 12.7. The largest absolute Gasteiger partial charge is 0.497 e. The molecule has 6 nitrogen and oxygen atoms in total. The summed E-state index contributed by atoms with van der Waals surface area (Å²) in [6, 6.07) is 18.9. The number of nitriles is 2. The van der Waals surface area contributed by atoms with E-state index < -0.39 is 0 Å². The number of benzene rings is 2. The summed E-state index contributed by atoms with van der Waals surface area (Å²) in [5.74, 6) is 1.20. The van der Waals surface area contributed by atoms with E-state index in [9.17, 15) is 10.5 Å². The number of anilines is 1. The van der Waals surface area contributed by atoms with Crippen molar-refractivity contribution in [3.05, 3.63) is 74.2 Å². The second-order valence-corrected chi connectivity index (χ2v) is 10.6. The van der Waals surface area contributed by atoms with Crippen LogP contribution in [-0.4, -0.2) is 17.1 Å². The molecule has 0 unspecified atom stereocenters. The summed E-state index contributed by atoms with van der Waals surface area (Å²) in [4.78, 5) is 9.11. The number of aromatic nitrogens is 2. The van der Waals surface area contributed by atoms with Gasteiger partial charge in [-0.05, 0) is 45.8 Å². The molecular formula is C24H15BrClN5OS2. The van der Waals surface area contributed by atoms with Crippen molar-refractivity contribution in [1.29, 1.82) is 10.5 Å². The molecule has 4 aromatic rings. The van der Waals surface area contributed by atoms with Crippen LogP contribution >= 0.6 is 50.6 Å². The summed E-state index contributed by atoms with van der Waals surface area (Å²) in [5.41, 5.74) is 9.52. The monoisotopic (exact) mass is 567 g/mol. The highest BCUT2D eigenvalue weighted by Gasteiger charge is 2.21. The molecule has 0 aliphatic heterocycles. The predicted molar refractivity (Wildman–Crippen MR) is 140 cm³/mol. The Morgan fingerprint density at radius 2 is 1.68 bits per heavy atom. The third-order valence-electron chi connectivity index (χ3n) is 4.88. The van der Waals surface area contributed by atoms with Crippen LogP contribution in [0.4, 0.5) is 5.82 Å². The molecule has 0 amide bonds. The van der Waals surface area contributed by atoms with Crippen molar-refractivity contribution in [3.63, 3.8) is 0 Å². The van der Waals surface area contributed by atoms with Crippen LogP contribution in [-0.2, 0) is 5.75 Å². The van der Waals surface area contributed by atoms with E-state index in [1.807, 2.05) is 24.3 Å². The molecule has 0 saturated heterocycles. The van der Waals surface area contributed by atoms with E-state index >= 15 is 0 Å². The van der Waals surface area contributed by atoms with E-state index in [4.69, 9.17) is 27.1 Å². The van der Waals surface area contributed by atoms with Gasteiger partial charge in [0.05, 0.1) is 22.2 Å². The van der Waals surface area contributed by atoms with E-state index in [2.05, 4.69) is 33.1 Å². The number of methoxy groups -OCH3 is 1. The second kappa shape index (κ2) is 10.5. The number of nitrogens with zero attached hydrogens (tertiary/aromatic N) is 4. The number of pyridine rings is 1. The minimum atomic E-state index is 0.0778. The first-order valence-electron chi connectivity index (χ1n) is 9.77. The van der Waals surface area contributed by atoms with Crippen LogP contribution in [0.2, 0.25) is 5.02 Å². The fourth-order valence-electron chi connectivity index (χ4n) is 3.22. The molecule has 0 atom stereocenters. The smallest absolute Gasteiger partial charge is 0.143 e. The van der Waals surface area contributed by atoms with E-state index in [0.717, 1.165) is 20.1 Å². The van der Waals surface area contributed by atoms with Crippen LogP contribution in [0.15, 0.2) is 57.3 Å². The summed E-state index contributed by atoms with van der Waals surface area (Å²) in [6.07, 6.45) is 0. The molecule has 2 aromatic carbocycles. The predicted octanol–water partition coefficient (Wildman–Crippen LogP) is 6.91. The fraction of sp³-hybridized carbons (Fsp3) is 0.0833. The maximum Gasteiger partial charge on any atom is 0.143 e. The zero-order valence-corrected chi connectivity index (χ0v) is 21.6. The molecule has 168 valence electrons. The molecule has 0 aliphatic carbocycles. The highest BCUT2D eigenvalue weighted by molar-refractivity contribution is 9.11. The van der Waals surface area contributed by atoms with E-state index in [-0.39, 0.29) is 11.4 Å². The number of hydrogen-bond donors (Lipinski definition) is 1. The van der Waals surface area contributed by atoms with Crippen molar-refractivity contribution in [3.8, 4) is 39.6 Å². The summed E-state index contributed by atoms with van der Waals surface area (Å²) in [6.45, 7) is 0. The van der Waals surface area contributed by atoms with Crippen LogP contribution < -0.4 is 10.5 Å². The zero-order chi connectivity index (χ0) is 24.2. The second-order valence-electron chi connectivity index (χ2n) is 6.91. The maximum absolute atomic E-state index is 9.99. The molecule has 0 radical (unpaired) electrons. The van der Waals surface area contributed by atoms with Crippen molar-refractivity contribution in [1.82, 2.24) is 9.97 Å². The number of ether oxygens (including phenoxy) is 1. The van der Waals surface area contributed by atoms with Gasteiger partial charge in [0.1, 0.15) is 39.3 Å². The Kier molecular flexibility index (Phi) is 7.40. The number of nitrogens with two attached hydrogens (primary N) is 1. The number of rotatable bonds is 6. The van der Waals surface area contributed by atoms with Gasteiger partial charge in [0.25, 0.3) is 0 Å². The quantitative estimate of drug-likeness (QED) is 0.252. The highest BCUT2D eigenvalue weighted by atomic mass is 79.9. The lowest BCUT2D eigenvalue weighted by Gasteiger charge is -2.13. The zero-order valence-electron chi connectivity index (χ0n) is 17.7. The van der Waals surface area contributed by atoms with E-state index in [1.165, 1.54) is 23.1 Å². The normalized spacial score (nSPS) is 10.5. The Balaban J connectivity index is 1.69. The molecule has 0 bridgehead atoms. The van der Waals surface area contributed by atoms with Crippen molar-refractivity contribution in [2.45, 2.75) is 10.8 Å². The van der Waals surface area contributed by atoms with Crippen molar-refractivity contribution >= 4 is 56.4 Å². The third kappa shape index (κ3) is 4.89. The van der Waals surface area contributed by atoms with Gasteiger partial charge >= 0.3 is 0 Å². The van der Waals surface area contributed by atoms with Crippen LogP contribution in [0.3, 0.4) is 0 Å². The van der Waals surface area contributed by atoms with Gasteiger partial charge < -0.3 is 10.5 Å². The van der Waals surface area contributed by atoms with Gasteiger partial charge in [-0.2, -0.15) is 10.5 Å². The minimum absolute atomic E-state index is 0.0778. The first-order chi connectivity index (χ1) is 16.4. The van der Waals surface area contributed by atoms with Gasteiger partial charge in [-0.15, -0.1) is 11.3 Å². The van der Waals surface area contributed by atoms with Gasteiger partial charge in [0, 0.05) is 21.9 Å². The van der Waals surface area contributed by atoms with Crippen molar-refractivity contribution in [2.24, 2.45) is 0 Å². The van der Waals surface area contributed by atoms with Gasteiger partial charge in [0.2, 0.25) is 0 Å². The molecule has 4 rings (SSSR count). The fourth-order valence-corrected chi connectivity index (χ4v) is 6.07. The van der Waals surface area contributed by atoms with E-state index in [0.29, 0.717) is 38.2 Å². The number of hydrogen-bond acceptors (Lipinski definition) is 8. The molecule has 10 heteroatoms. The number of halogens is 2. The molecular weight excluding hydrogens is 554 g/mol. The lowest BCUT2D eigenvalue weighted by atomic mass is 9.97. The van der Waals surface area contributed by atoms with Crippen molar-refractivity contribution in [2.75, 3.05) is 12.8 Å². The van der Waals surface area contributed by atoms with Crippen LogP contribution in [0, 0.1) is 22.7 Å². The topological polar surface area (TPSA) is 109 Å². The average molecular weight is 569 g/mol. The summed E-state index contributed by atoms with van der Waals surface area (Å²) < 4.78 is 6.11. The van der Waals surface area contributed by atoms with Crippen LogP contribution in [0.25, 0.3) is 21.7 Å². The lowest BCUT2D eigenvalue weighted by Crippen LogP contribution is -2.03. The summed E-state index contributed by atoms with van der Waals surface area (Å²) in [5, 5.41) is 21.7. The Labute approximate surface area is 218 Å². The maximum atomic E-state index is 9.99. The number of thioether (sulfide) groups is 1. The number of thiazole rings is 1. The van der Waals surface area contributed by atoms with Crippen LogP contribution in [0.5, 0.6) is 5.75 Å². The van der Waals surface area contributed by atoms with Gasteiger partial charge in [0.15, 0.2) is 0 Å². The Morgan fingerprint density at radius 1 is 1.03 bits per heavy atom. The van der Waals surface area contributed by atoms with Crippen molar-refractivity contribution < 1.29 is 4.74 Å². The SMILES string of the molecule is COc1ccc(-c2c(C#N)c(N)nc(SCc3nc(-c4ccc(Cl)cc4)sc3Br)c2C#N)cc1. The molecule has 2 N–H and O–H groups in total. The molecule has 0 spiro atoms. The highest BCUT2D eigenvalue weighted by Crippen LogP contribution is 2.39. The third-order valence-corrected chi connectivity index (χ3v) is 8.00.